The first-order valence-corrected chi connectivity index (χ1v) is 1.64. The molecular formula is C3H5F2NO. The minimum absolute atomic E-state index is 0.0741. The predicted molar refractivity (Wildman–Crippen MR) is 19.8 cm³/mol. The van der Waals surface area contributed by atoms with Crippen LogP contribution < -0.4 is 0 Å². The third kappa shape index (κ3) is 2.08. The molecular weight excluding hydrogens is 104 g/mol. The molecule has 0 atom stereocenters. The van der Waals surface area contributed by atoms with Gasteiger partial charge in [-0.3, -0.25) is 9.69 Å². The van der Waals surface area contributed by atoms with E-state index in [0.29, 0.717) is 0 Å². The van der Waals surface area contributed by atoms with Crippen molar-refractivity contribution >= 4 is 6.41 Å². The molecule has 0 fully saturated rings. The summed E-state index contributed by atoms with van der Waals surface area (Å²) in [5, 5.41) is 0. The summed E-state index contributed by atoms with van der Waals surface area (Å²) in [5.41, 5.74) is 0. The molecule has 0 rings (SSSR count). The minimum atomic E-state index is -2.67. The summed E-state index contributed by atoms with van der Waals surface area (Å²) in [6.45, 7) is -2.67. The zero-order valence-electron chi connectivity index (χ0n) is 3.77. The van der Waals surface area contributed by atoms with E-state index in [1.165, 1.54) is 0 Å². The van der Waals surface area contributed by atoms with Crippen LogP contribution in [0.4, 0.5) is 8.78 Å². The molecule has 0 unspecified atom stereocenters. The normalized spacial score (nSPS) is 9.14. The van der Waals surface area contributed by atoms with E-state index < -0.39 is 6.55 Å². The van der Waals surface area contributed by atoms with Crippen LogP contribution in [0.2, 0.25) is 0 Å². The molecule has 0 heterocycles. The lowest BCUT2D eigenvalue weighted by molar-refractivity contribution is -0.127. The molecule has 0 aliphatic rings. The minimum Gasteiger partial charge on any atom is -0.292 e. The van der Waals surface area contributed by atoms with Crippen LogP contribution >= 0.6 is 0 Å². The Morgan fingerprint density at radius 1 is 1.71 bits per heavy atom. The van der Waals surface area contributed by atoms with E-state index in [4.69, 9.17) is 0 Å². The van der Waals surface area contributed by atoms with Gasteiger partial charge in [0, 0.05) is 7.05 Å². The molecule has 0 aliphatic heterocycles. The van der Waals surface area contributed by atoms with Gasteiger partial charge in [0.2, 0.25) is 6.41 Å². The van der Waals surface area contributed by atoms with E-state index in [1.54, 1.807) is 0 Å². The quantitative estimate of drug-likeness (QED) is 0.369. The third-order valence-electron chi connectivity index (χ3n) is 0.474. The van der Waals surface area contributed by atoms with E-state index in [0.717, 1.165) is 7.05 Å². The third-order valence-corrected chi connectivity index (χ3v) is 0.474. The summed E-state index contributed by atoms with van der Waals surface area (Å²) in [6.07, 6.45) is 0.0741. The second-order valence-electron chi connectivity index (χ2n) is 1.05. The Balaban J connectivity index is 3.33. The molecule has 4 heteroatoms. The highest BCUT2D eigenvalue weighted by atomic mass is 19.3. The molecule has 0 saturated carbocycles. The molecule has 0 spiro atoms. The predicted octanol–water partition coefficient (Wildman–Crippen LogP) is 0.297. The first-order chi connectivity index (χ1) is 3.18. The Hall–Kier alpha value is -0.670. The van der Waals surface area contributed by atoms with Gasteiger partial charge in [0.15, 0.2) is 0 Å². The smallest absolute Gasteiger partial charge is 0.292 e. The zero-order chi connectivity index (χ0) is 5.86. The van der Waals surface area contributed by atoms with E-state index >= 15 is 0 Å². The number of nitrogens with zero attached hydrogens (tertiary/aromatic N) is 1. The molecule has 7 heavy (non-hydrogen) atoms. The number of hydrogen-bond acceptors (Lipinski definition) is 1. The van der Waals surface area contributed by atoms with E-state index in [9.17, 15) is 13.6 Å². The van der Waals surface area contributed by atoms with Crippen molar-refractivity contribution < 1.29 is 13.6 Å². The van der Waals surface area contributed by atoms with Crippen LogP contribution in [0.1, 0.15) is 0 Å². The van der Waals surface area contributed by atoms with Gasteiger partial charge in [0.1, 0.15) is 0 Å². The molecule has 1 amide bonds. The van der Waals surface area contributed by atoms with Gasteiger partial charge in [-0.05, 0) is 0 Å². The number of hydrogen-bond donors (Lipinski definition) is 0. The van der Waals surface area contributed by atoms with Crippen molar-refractivity contribution in [3.63, 3.8) is 0 Å². The molecule has 0 aromatic heterocycles. The van der Waals surface area contributed by atoms with Gasteiger partial charge in [-0.15, -0.1) is 0 Å². The van der Waals surface area contributed by atoms with Gasteiger partial charge >= 0.3 is 6.55 Å². The molecule has 0 aromatic rings. The highest BCUT2D eigenvalue weighted by Gasteiger charge is 2.04. The lowest BCUT2D eigenvalue weighted by atomic mass is 10.9. The molecule has 0 N–H and O–H groups in total. The van der Waals surface area contributed by atoms with Gasteiger partial charge in [-0.25, -0.2) is 0 Å². The number of carbonyl (C=O) groups is 1. The Morgan fingerprint density at radius 2 is 2.14 bits per heavy atom. The molecule has 0 saturated heterocycles. The molecule has 0 aliphatic carbocycles. The Morgan fingerprint density at radius 3 is 2.14 bits per heavy atom. The van der Waals surface area contributed by atoms with E-state index in [1.807, 2.05) is 0 Å². The lowest BCUT2D eigenvalue weighted by Gasteiger charge is -2.05. The molecule has 0 radical (unpaired) electrons. The maximum absolute atomic E-state index is 11.1. The second-order valence-corrected chi connectivity index (χ2v) is 1.05. The van der Waals surface area contributed by atoms with Crippen molar-refractivity contribution in [3.05, 3.63) is 0 Å². The van der Waals surface area contributed by atoms with Gasteiger partial charge < -0.3 is 0 Å². The number of halogens is 2. The Labute approximate surface area is 39.7 Å². The fourth-order valence-electron chi connectivity index (χ4n) is 0.0460. The maximum Gasteiger partial charge on any atom is 0.316 e. The van der Waals surface area contributed by atoms with Crippen molar-refractivity contribution in [2.24, 2.45) is 0 Å². The van der Waals surface area contributed by atoms with Gasteiger partial charge in [0.25, 0.3) is 0 Å². The van der Waals surface area contributed by atoms with Crippen molar-refractivity contribution in [1.29, 1.82) is 0 Å². The zero-order valence-corrected chi connectivity index (χ0v) is 3.77. The van der Waals surface area contributed by atoms with Crippen LogP contribution in [0.15, 0.2) is 0 Å². The number of carbonyl (C=O) groups excluding carboxylic acids is 1. The topological polar surface area (TPSA) is 20.3 Å². The van der Waals surface area contributed by atoms with E-state index in [-0.39, 0.29) is 11.3 Å². The van der Waals surface area contributed by atoms with Crippen molar-refractivity contribution in [3.8, 4) is 0 Å². The largest absolute Gasteiger partial charge is 0.316 e. The van der Waals surface area contributed by atoms with Gasteiger partial charge in [-0.1, -0.05) is 0 Å². The van der Waals surface area contributed by atoms with Gasteiger partial charge in [-0.2, -0.15) is 8.78 Å². The molecule has 2 nitrogen and oxygen atoms in total. The maximum atomic E-state index is 11.1. The average Bonchev–Trinajstić information content (AvgIpc) is 1.65. The van der Waals surface area contributed by atoms with Crippen LogP contribution in [-0.4, -0.2) is 24.9 Å². The SMILES string of the molecule is CN(C=O)C(F)F. The van der Waals surface area contributed by atoms with Crippen LogP contribution in [0.3, 0.4) is 0 Å². The standard InChI is InChI=1S/C3H5F2NO/c1-6(2-7)3(4)5/h2-3H,1H3. The van der Waals surface area contributed by atoms with E-state index in [2.05, 4.69) is 0 Å². The fraction of sp³-hybridized carbons (Fsp3) is 0.667. The van der Waals surface area contributed by atoms with Crippen LogP contribution in [0, 0.1) is 0 Å². The van der Waals surface area contributed by atoms with Crippen molar-refractivity contribution in [2.45, 2.75) is 6.55 Å². The Bertz CT molecular complexity index is 66.0. The number of alkyl halides is 2. The van der Waals surface area contributed by atoms with Crippen LogP contribution in [0.5, 0.6) is 0 Å². The summed E-state index contributed by atoms with van der Waals surface area (Å²) >= 11 is 0. The lowest BCUT2D eigenvalue weighted by Crippen LogP contribution is -2.21. The summed E-state index contributed by atoms with van der Waals surface area (Å²) in [5.74, 6) is 0. The van der Waals surface area contributed by atoms with Crippen LogP contribution in [-0.2, 0) is 4.79 Å². The molecule has 0 bridgehead atoms. The first kappa shape index (κ1) is 6.33. The summed E-state index contributed by atoms with van der Waals surface area (Å²) < 4.78 is 22.2. The summed E-state index contributed by atoms with van der Waals surface area (Å²) in [4.78, 5) is 9.67. The Kier molecular flexibility index (Phi) is 2.26. The van der Waals surface area contributed by atoms with Crippen molar-refractivity contribution in [2.75, 3.05) is 7.05 Å². The fourth-order valence-corrected chi connectivity index (χ4v) is 0.0460. The first-order valence-electron chi connectivity index (χ1n) is 1.64. The van der Waals surface area contributed by atoms with Gasteiger partial charge in [0.05, 0.1) is 0 Å². The number of amides is 1. The second kappa shape index (κ2) is 2.49. The summed E-state index contributed by atoms with van der Waals surface area (Å²) in [6, 6.07) is 0. The summed E-state index contributed by atoms with van der Waals surface area (Å²) in [7, 11) is 1.01. The van der Waals surface area contributed by atoms with Crippen LogP contribution in [0.25, 0.3) is 0 Å². The molecule has 42 valence electrons. The molecule has 0 aromatic carbocycles. The van der Waals surface area contributed by atoms with Crippen molar-refractivity contribution in [1.82, 2.24) is 4.90 Å². The highest BCUT2D eigenvalue weighted by molar-refractivity contribution is 5.46. The highest BCUT2D eigenvalue weighted by Crippen LogP contribution is 1.92. The monoisotopic (exact) mass is 109 g/mol. The number of rotatable bonds is 2. The average molecular weight is 109 g/mol.